The Bertz CT molecular complexity index is 499. The lowest BCUT2D eigenvalue weighted by atomic mass is 10.1. The van der Waals surface area contributed by atoms with Crippen molar-refractivity contribution >= 4 is 11.9 Å². The smallest absolute Gasteiger partial charge is 0.317 e. The van der Waals surface area contributed by atoms with Gasteiger partial charge in [0.15, 0.2) is 0 Å². The van der Waals surface area contributed by atoms with Crippen molar-refractivity contribution in [2.75, 3.05) is 45.8 Å². The van der Waals surface area contributed by atoms with Crippen LogP contribution in [0.5, 0.6) is 0 Å². The summed E-state index contributed by atoms with van der Waals surface area (Å²) in [6.07, 6.45) is 4.97. The van der Waals surface area contributed by atoms with E-state index >= 15 is 0 Å². The molecule has 4 fully saturated rings. The Balaban J connectivity index is 1.16. The lowest BCUT2D eigenvalue weighted by Gasteiger charge is -2.35. The Hall–Kier alpha value is -1.30. The number of likely N-dealkylation sites (tertiary alicyclic amines) is 1. The van der Waals surface area contributed by atoms with Crippen LogP contribution < -0.4 is 5.32 Å². The standard InChI is InChI=1S/C18H30N4O2/c1-13-10-16(13)17(23)20-6-8-21(9-7-20)18(24)19-11-14-4-5-22(12-14)15-2-3-15/h13-16H,2-12H2,1H3,(H,19,24)/t13-,14-,16+/m1/s1. The van der Waals surface area contributed by atoms with Gasteiger partial charge in [0.1, 0.15) is 0 Å². The van der Waals surface area contributed by atoms with Crippen molar-refractivity contribution in [1.82, 2.24) is 20.0 Å². The molecule has 0 radical (unpaired) electrons. The van der Waals surface area contributed by atoms with E-state index in [1.54, 1.807) is 0 Å². The van der Waals surface area contributed by atoms with Gasteiger partial charge in [-0.15, -0.1) is 0 Å². The van der Waals surface area contributed by atoms with Crippen LogP contribution in [0.4, 0.5) is 4.79 Å². The maximum absolute atomic E-state index is 12.4. The first kappa shape index (κ1) is 16.2. The predicted octanol–water partition coefficient (Wildman–Crippen LogP) is 0.981. The van der Waals surface area contributed by atoms with Crippen LogP contribution in [0.1, 0.15) is 32.6 Å². The summed E-state index contributed by atoms with van der Waals surface area (Å²) in [6.45, 7) is 7.98. The Morgan fingerprint density at radius 3 is 2.29 bits per heavy atom. The SMILES string of the molecule is C[C@@H]1C[C@@H]1C(=O)N1CCN(C(=O)NC[C@H]2CCN(C3CC3)C2)CC1. The molecule has 2 saturated heterocycles. The van der Waals surface area contributed by atoms with E-state index in [1.807, 2.05) is 9.80 Å². The first-order valence-corrected chi connectivity index (χ1v) is 9.67. The quantitative estimate of drug-likeness (QED) is 0.834. The highest BCUT2D eigenvalue weighted by Crippen LogP contribution is 2.39. The number of nitrogens with zero attached hydrogens (tertiary/aromatic N) is 3. The van der Waals surface area contributed by atoms with E-state index in [0.717, 1.165) is 25.6 Å². The molecule has 1 N–H and O–H groups in total. The van der Waals surface area contributed by atoms with Gasteiger partial charge in [0.25, 0.3) is 0 Å². The van der Waals surface area contributed by atoms with Crippen LogP contribution >= 0.6 is 0 Å². The van der Waals surface area contributed by atoms with E-state index in [9.17, 15) is 9.59 Å². The number of urea groups is 1. The molecule has 2 heterocycles. The van der Waals surface area contributed by atoms with Crippen molar-refractivity contribution in [2.24, 2.45) is 17.8 Å². The molecular weight excluding hydrogens is 304 g/mol. The highest BCUT2D eigenvalue weighted by atomic mass is 16.2. The van der Waals surface area contributed by atoms with Crippen LogP contribution in [-0.2, 0) is 4.79 Å². The second kappa shape index (κ2) is 6.54. The molecule has 6 heteroatoms. The monoisotopic (exact) mass is 334 g/mol. The fourth-order valence-electron chi connectivity index (χ4n) is 4.17. The number of piperazine rings is 1. The molecule has 3 atom stereocenters. The summed E-state index contributed by atoms with van der Waals surface area (Å²) in [6, 6.07) is 0.886. The maximum Gasteiger partial charge on any atom is 0.317 e. The summed E-state index contributed by atoms with van der Waals surface area (Å²) < 4.78 is 0. The molecule has 2 saturated carbocycles. The molecule has 3 amide bonds. The summed E-state index contributed by atoms with van der Waals surface area (Å²) >= 11 is 0. The predicted molar refractivity (Wildman–Crippen MR) is 91.5 cm³/mol. The average Bonchev–Trinajstić information content (AvgIpc) is 3.52. The van der Waals surface area contributed by atoms with E-state index < -0.39 is 0 Å². The minimum Gasteiger partial charge on any atom is -0.339 e. The molecule has 0 aromatic carbocycles. The van der Waals surface area contributed by atoms with Crippen molar-refractivity contribution in [3.05, 3.63) is 0 Å². The van der Waals surface area contributed by atoms with Gasteiger partial charge in [-0.25, -0.2) is 4.79 Å². The van der Waals surface area contributed by atoms with Crippen LogP contribution in [0.2, 0.25) is 0 Å². The number of amides is 3. The molecule has 0 bridgehead atoms. The van der Waals surface area contributed by atoms with Crippen molar-refractivity contribution in [3.8, 4) is 0 Å². The van der Waals surface area contributed by atoms with Gasteiger partial charge in [-0.1, -0.05) is 6.92 Å². The number of carbonyl (C=O) groups is 2. The summed E-state index contributed by atoms with van der Waals surface area (Å²) in [5.74, 6) is 1.71. The highest BCUT2D eigenvalue weighted by Gasteiger charge is 2.42. The third kappa shape index (κ3) is 3.53. The topological polar surface area (TPSA) is 55.9 Å². The van der Waals surface area contributed by atoms with E-state index in [2.05, 4.69) is 17.1 Å². The molecule has 2 aliphatic carbocycles. The molecule has 134 valence electrons. The molecule has 6 nitrogen and oxygen atoms in total. The van der Waals surface area contributed by atoms with Crippen molar-refractivity contribution in [3.63, 3.8) is 0 Å². The normalized spacial score (nSPS) is 33.6. The number of rotatable bonds is 4. The number of hydrogen-bond acceptors (Lipinski definition) is 3. The van der Waals surface area contributed by atoms with Crippen LogP contribution in [0.25, 0.3) is 0 Å². The second-order valence-electron chi connectivity index (χ2n) is 8.20. The Labute approximate surface area is 144 Å². The van der Waals surface area contributed by atoms with Gasteiger partial charge in [-0.3, -0.25) is 4.79 Å². The highest BCUT2D eigenvalue weighted by molar-refractivity contribution is 5.82. The number of nitrogens with one attached hydrogen (secondary N) is 1. The molecule has 0 aromatic rings. The van der Waals surface area contributed by atoms with Gasteiger partial charge >= 0.3 is 6.03 Å². The zero-order chi connectivity index (χ0) is 16.7. The summed E-state index contributed by atoms with van der Waals surface area (Å²) in [5, 5.41) is 3.12. The molecule has 0 unspecified atom stereocenters. The molecular formula is C18H30N4O2. The minimum absolute atomic E-state index is 0.0479. The van der Waals surface area contributed by atoms with Crippen molar-refractivity contribution in [2.45, 2.75) is 38.6 Å². The first-order valence-electron chi connectivity index (χ1n) is 9.67. The third-order valence-electron chi connectivity index (χ3n) is 6.23. The summed E-state index contributed by atoms with van der Waals surface area (Å²) in [5.41, 5.74) is 0. The Kier molecular flexibility index (Phi) is 4.41. The van der Waals surface area contributed by atoms with E-state index in [0.29, 0.717) is 43.9 Å². The third-order valence-corrected chi connectivity index (χ3v) is 6.23. The maximum atomic E-state index is 12.4. The fourth-order valence-corrected chi connectivity index (χ4v) is 4.17. The number of carbonyl (C=O) groups excluding carboxylic acids is 2. The molecule has 4 aliphatic rings. The molecule has 0 spiro atoms. The Morgan fingerprint density at radius 1 is 1.00 bits per heavy atom. The lowest BCUT2D eigenvalue weighted by Crippen LogP contribution is -2.54. The number of hydrogen-bond donors (Lipinski definition) is 1. The van der Waals surface area contributed by atoms with Gasteiger partial charge in [0, 0.05) is 51.2 Å². The van der Waals surface area contributed by atoms with Crippen LogP contribution in [0.15, 0.2) is 0 Å². The average molecular weight is 334 g/mol. The molecule has 4 rings (SSSR count). The zero-order valence-corrected chi connectivity index (χ0v) is 14.7. The largest absolute Gasteiger partial charge is 0.339 e. The molecule has 24 heavy (non-hydrogen) atoms. The van der Waals surface area contributed by atoms with Gasteiger partial charge in [0.05, 0.1) is 0 Å². The van der Waals surface area contributed by atoms with Crippen LogP contribution in [-0.4, -0.2) is 78.5 Å². The first-order chi connectivity index (χ1) is 11.6. The van der Waals surface area contributed by atoms with E-state index in [4.69, 9.17) is 0 Å². The molecule has 0 aromatic heterocycles. The molecule has 2 aliphatic heterocycles. The minimum atomic E-state index is 0.0479. The van der Waals surface area contributed by atoms with Gasteiger partial charge in [-0.05, 0) is 44.1 Å². The zero-order valence-electron chi connectivity index (χ0n) is 14.7. The van der Waals surface area contributed by atoms with Crippen LogP contribution in [0.3, 0.4) is 0 Å². The van der Waals surface area contributed by atoms with Crippen molar-refractivity contribution in [1.29, 1.82) is 0 Å². The van der Waals surface area contributed by atoms with Gasteiger partial charge < -0.3 is 20.0 Å². The van der Waals surface area contributed by atoms with Crippen molar-refractivity contribution < 1.29 is 9.59 Å². The summed E-state index contributed by atoms with van der Waals surface area (Å²) in [7, 11) is 0. The Morgan fingerprint density at radius 2 is 1.67 bits per heavy atom. The van der Waals surface area contributed by atoms with Gasteiger partial charge in [-0.2, -0.15) is 0 Å². The fraction of sp³-hybridized carbons (Fsp3) is 0.889. The summed E-state index contributed by atoms with van der Waals surface area (Å²) in [4.78, 5) is 31.0. The lowest BCUT2D eigenvalue weighted by molar-refractivity contribution is -0.134. The van der Waals surface area contributed by atoms with Crippen LogP contribution in [0, 0.1) is 17.8 Å². The second-order valence-corrected chi connectivity index (χ2v) is 8.20. The van der Waals surface area contributed by atoms with E-state index in [1.165, 1.54) is 25.8 Å². The van der Waals surface area contributed by atoms with Gasteiger partial charge in [0.2, 0.25) is 5.91 Å². The van der Waals surface area contributed by atoms with E-state index in [-0.39, 0.29) is 11.9 Å².